The summed E-state index contributed by atoms with van der Waals surface area (Å²) >= 11 is 0. The number of nitrogens with one attached hydrogen (secondary N) is 1. The van der Waals surface area contributed by atoms with Crippen molar-refractivity contribution in [3.05, 3.63) is 29.8 Å². The molecule has 2 aliphatic heterocycles. The Bertz CT molecular complexity index is 483. The molecule has 0 bridgehead atoms. The molecule has 3 heteroatoms. The second-order valence-corrected chi connectivity index (χ2v) is 5.95. The Kier molecular flexibility index (Phi) is 3.31. The zero-order valence-corrected chi connectivity index (χ0v) is 11.6. The molecule has 19 heavy (non-hydrogen) atoms. The fraction of sp³-hybridized carbons (Fsp3) is 0.562. The SMILES string of the molecule is CCCN1CCCC2(Cc3ccccc3NC2=O)C1. The average Bonchev–Trinajstić information content (AvgIpc) is 2.41. The highest BCUT2D eigenvalue weighted by Crippen LogP contribution is 2.40. The van der Waals surface area contributed by atoms with Crippen molar-refractivity contribution in [1.82, 2.24) is 4.90 Å². The van der Waals surface area contributed by atoms with E-state index in [-0.39, 0.29) is 11.3 Å². The molecule has 1 N–H and O–H groups in total. The van der Waals surface area contributed by atoms with Crippen LogP contribution in [0, 0.1) is 5.41 Å². The average molecular weight is 258 g/mol. The lowest BCUT2D eigenvalue weighted by Gasteiger charge is -2.44. The molecule has 1 spiro atoms. The Labute approximate surface area is 115 Å². The van der Waals surface area contributed by atoms with Crippen molar-refractivity contribution in [2.24, 2.45) is 5.41 Å². The van der Waals surface area contributed by atoms with Crippen LogP contribution in [0.5, 0.6) is 0 Å². The quantitative estimate of drug-likeness (QED) is 0.884. The number of anilines is 1. The number of fused-ring (bicyclic) bond motifs is 1. The molecule has 3 nitrogen and oxygen atoms in total. The van der Waals surface area contributed by atoms with Crippen molar-refractivity contribution in [2.45, 2.75) is 32.6 Å². The molecule has 0 saturated carbocycles. The van der Waals surface area contributed by atoms with E-state index in [1.165, 1.54) is 5.56 Å². The van der Waals surface area contributed by atoms with E-state index in [0.29, 0.717) is 0 Å². The fourth-order valence-electron chi connectivity index (χ4n) is 3.56. The van der Waals surface area contributed by atoms with Crippen LogP contribution in [0.25, 0.3) is 0 Å². The topological polar surface area (TPSA) is 32.3 Å². The van der Waals surface area contributed by atoms with Crippen LogP contribution < -0.4 is 5.32 Å². The third-order valence-corrected chi connectivity index (χ3v) is 4.47. The summed E-state index contributed by atoms with van der Waals surface area (Å²) in [6.07, 6.45) is 4.21. The van der Waals surface area contributed by atoms with E-state index in [4.69, 9.17) is 0 Å². The molecular formula is C16H22N2O. The first-order chi connectivity index (χ1) is 9.23. The summed E-state index contributed by atoms with van der Waals surface area (Å²) in [5, 5.41) is 3.12. The smallest absolute Gasteiger partial charge is 0.232 e. The number of likely N-dealkylation sites (tertiary alicyclic amines) is 1. The summed E-state index contributed by atoms with van der Waals surface area (Å²) in [6.45, 7) is 5.37. The highest BCUT2D eigenvalue weighted by molar-refractivity contribution is 5.98. The Morgan fingerprint density at radius 1 is 1.37 bits per heavy atom. The van der Waals surface area contributed by atoms with Crippen LogP contribution in [0.3, 0.4) is 0 Å². The molecule has 0 aromatic heterocycles. The van der Waals surface area contributed by atoms with Crippen molar-refractivity contribution in [3.63, 3.8) is 0 Å². The minimum Gasteiger partial charge on any atom is -0.325 e. The van der Waals surface area contributed by atoms with E-state index < -0.39 is 0 Å². The number of rotatable bonds is 2. The van der Waals surface area contributed by atoms with Gasteiger partial charge in [-0.15, -0.1) is 0 Å². The van der Waals surface area contributed by atoms with Crippen molar-refractivity contribution in [3.8, 4) is 0 Å². The lowest BCUT2D eigenvalue weighted by Crippen LogP contribution is -2.53. The summed E-state index contributed by atoms with van der Waals surface area (Å²) in [6, 6.07) is 8.21. The first kappa shape index (κ1) is 12.7. The van der Waals surface area contributed by atoms with E-state index in [0.717, 1.165) is 51.0 Å². The molecule has 2 heterocycles. The third-order valence-electron chi connectivity index (χ3n) is 4.47. The molecule has 0 aliphatic carbocycles. The number of hydrogen-bond acceptors (Lipinski definition) is 2. The van der Waals surface area contributed by atoms with E-state index >= 15 is 0 Å². The van der Waals surface area contributed by atoms with Gasteiger partial charge in [0, 0.05) is 12.2 Å². The molecule has 1 unspecified atom stereocenters. The Morgan fingerprint density at radius 3 is 3.05 bits per heavy atom. The summed E-state index contributed by atoms with van der Waals surface area (Å²) in [7, 11) is 0. The van der Waals surface area contributed by atoms with Gasteiger partial charge in [0.05, 0.1) is 5.41 Å². The molecule has 1 atom stereocenters. The van der Waals surface area contributed by atoms with Crippen LogP contribution in [-0.2, 0) is 11.2 Å². The summed E-state index contributed by atoms with van der Waals surface area (Å²) in [4.78, 5) is 15.0. The van der Waals surface area contributed by atoms with Crippen molar-refractivity contribution in [2.75, 3.05) is 25.0 Å². The zero-order chi connectivity index (χ0) is 13.3. The molecule has 1 aromatic rings. The third kappa shape index (κ3) is 2.27. The van der Waals surface area contributed by atoms with Crippen molar-refractivity contribution < 1.29 is 4.79 Å². The Hall–Kier alpha value is -1.35. The van der Waals surface area contributed by atoms with Crippen molar-refractivity contribution in [1.29, 1.82) is 0 Å². The number of hydrogen-bond donors (Lipinski definition) is 1. The van der Waals surface area contributed by atoms with Crippen LogP contribution in [0.15, 0.2) is 24.3 Å². The van der Waals surface area contributed by atoms with Gasteiger partial charge >= 0.3 is 0 Å². The lowest BCUT2D eigenvalue weighted by molar-refractivity contribution is -0.129. The second kappa shape index (κ2) is 4.97. The number of carbonyl (C=O) groups is 1. The zero-order valence-electron chi connectivity index (χ0n) is 11.6. The normalized spacial score (nSPS) is 27.1. The second-order valence-electron chi connectivity index (χ2n) is 5.95. The maximum Gasteiger partial charge on any atom is 0.232 e. The van der Waals surface area contributed by atoms with Gasteiger partial charge in [0.2, 0.25) is 5.91 Å². The summed E-state index contributed by atoms with van der Waals surface area (Å²) in [5.41, 5.74) is 2.10. The highest BCUT2D eigenvalue weighted by Gasteiger charge is 2.44. The Morgan fingerprint density at radius 2 is 2.21 bits per heavy atom. The fourth-order valence-corrected chi connectivity index (χ4v) is 3.56. The van der Waals surface area contributed by atoms with Gasteiger partial charge in [0.15, 0.2) is 0 Å². The van der Waals surface area contributed by atoms with Gasteiger partial charge in [-0.05, 0) is 50.4 Å². The van der Waals surface area contributed by atoms with Gasteiger partial charge in [-0.1, -0.05) is 25.1 Å². The molecule has 1 aromatic carbocycles. The van der Waals surface area contributed by atoms with Gasteiger partial charge in [0.25, 0.3) is 0 Å². The minimum absolute atomic E-state index is 0.193. The minimum atomic E-state index is -0.193. The predicted octanol–water partition coefficient (Wildman–Crippen LogP) is 2.67. The lowest BCUT2D eigenvalue weighted by atomic mass is 9.72. The molecule has 1 saturated heterocycles. The highest BCUT2D eigenvalue weighted by atomic mass is 16.2. The van der Waals surface area contributed by atoms with E-state index in [9.17, 15) is 4.79 Å². The molecule has 3 rings (SSSR count). The van der Waals surface area contributed by atoms with Crippen LogP contribution in [0.2, 0.25) is 0 Å². The number of benzene rings is 1. The van der Waals surface area contributed by atoms with Gasteiger partial charge in [-0.2, -0.15) is 0 Å². The molecule has 102 valence electrons. The maximum atomic E-state index is 12.5. The van der Waals surface area contributed by atoms with Crippen LogP contribution >= 0.6 is 0 Å². The molecule has 2 aliphatic rings. The van der Waals surface area contributed by atoms with E-state index in [2.05, 4.69) is 29.3 Å². The molecule has 1 amide bonds. The summed E-state index contributed by atoms with van der Waals surface area (Å²) in [5.74, 6) is 0.229. The van der Waals surface area contributed by atoms with Crippen molar-refractivity contribution >= 4 is 11.6 Å². The molecule has 1 fully saturated rings. The first-order valence-corrected chi connectivity index (χ1v) is 7.35. The summed E-state index contributed by atoms with van der Waals surface area (Å²) < 4.78 is 0. The number of amides is 1. The number of carbonyl (C=O) groups excluding carboxylic acids is 1. The van der Waals surface area contributed by atoms with Gasteiger partial charge in [0.1, 0.15) is 0 Å². The van der Waals surface area contributed by atoms with Gasteiger partial charge in [-0.25, -0.2) is 0 Å². The maximum absolute atomic E-state index is 12.5. The van der Waals surface area contributed by atoms with Crippen LogP contribution in [0.1, 0.15) is 31.7 Å². The monoisotopic (exact) mass is 258 g/mol. The van der Waals surface area contributed by atoms with E-state index in [1.807, 2.05) is 12.1 Å². The molecule has 0 radical (unpaired) electrons. The number of nitrogens with zero attached hydrogens (tertiary/aromatic N) is 1. The van der Waals surface area contributed by atoms with Gasteiger partial charge < -0.3 is 10.2 Å². The first-order valence-electron chi connectivity index (χ1n) is 7.35. The van der Waals surface area contributed by atoms with Crippen LogP contribution in [0.4, 0.5) is 5.69 Å². The number of para-hydroxylation sites is 1. The van der Waals surface area contributed by atoms with E-state index in [1.54, 1.807) is 0 Å². The number of piperidine rings is 1. The predicted molar refractivity (Wildman–Crippen MR) is 77.2 cm³/mol. The van der Waals surface area contributed by atoms with Crippen LogP contribution in [-0.4, -0.2) is 30.4 Å². The standard InChI is InChI=1S/C16H22N2O/c1-2-9-18-10-5-8-16(12-18)11-13-6-3-4-7-14(13)17-15(16)19/h3-4,6-7H,2,5,8-12H2,1H3,(H,17,19). The Balaban J connectivity index is 1.86. The largest absolute Gasteiger partial charge is 0.325 e. The van der Waals surface area contributed by atoms with Gasteiger partial charge in [-0.3, -0.25) is 4.79 Å². The molecular weight excluding hydrogens is 236 g/mol.